The Bertz CT molecular complexity index is 364. The fraction of sp³-hybridized carbons (Fsp3) is 0.333. The highest BCUT2D eigenvalue weighted by atomic mass is 79.9. The third-order valence-electron chi connectivity index (χ3n) is 1.96. The summed E-state index contributed by atoms with van der Waals surface area (Å²) in [5, 5.41) is 0. The van der Waals surface area contributed by atoms with Crippen molar-refractivity contribution in [2.24, 2.45) is 5.73 Å². The number of anilines is 1. The van der Waals surface area contributed by atoms with Crippen molar-refractivity contribution in [3.63, 3.8) is 0 Å². The molecule has 0 fully saturated rings. The molecular weight excluding hydrogens is 369 g/mol. The van der Waals surface area contributed by atoms with Crippen LogP contribution in [0, 0.1) is 0 Å². The van der Waals surface area contributed by atoms with Crippen LogP contribution in [0.2, 0.25) is 0 Å². The minimum Gasteiger partial charge on any atom is -0.398 e. The summed E-state index contributed by atoms with van der Waals surface area (Å²) in [4.78, 5) is 0. The fourth-order valence-electron chi connectivity index (χ4n) is 1.23. The van der Waals surface area contributed by atoms with Crippen molar-refractivity contribution in [2.45, 2.75) is 18.9 Å². The van der Waals surface area contributed by atoms with E-state index in [4.69, 9.17) is 11.5 Å². The van der Waals surface area contributed by atoms with Gasteiger partial charge in [-0.3, -0.25) is 0 Å². The van der Waals surface area contributed by atoms with Gasteiger partial charge in [-0.15, -0.1) is 12.4 Å². The van der Waals surface area contributed by atoms with Crippen LogP contribution < -0.4 is 11.5 Å². The van der Waals surface area contributed by atoms with Gasteiger partial charge in [0.2, 0.25) is 6.43 Å². The van der Waals surface area contributed by atoms with Crippen molar-refractivity contribution >= 4 is 50.0 Å². The van der Waals surface area contributed by atoms with Crippen molar-refractivity contribution in [2.75, 3.05) is 5.73 Å². The highest BCUT2D eigenvalue weighted by Gasteiger charge is 2.17. The van der Waals surface area contributed by atoms with Crippen LogP contribution in [0.4, 0.5) is 14.5 Å². The molecule has 0 aliphatic carbocycles. The van der Waals surface area contributed by atoms with E-state index in [0.29, 0.717) is 15.7 Å². The molecule has 16 heavy (non-hydrogen) atoms. The quantitative estimate of drug-likeness (QED) is 0.782. The molecule has 0 amide bonds. The number of rotatable bonds is 3. The highest BCUT2D eigenvalue weighted by Crippen LogP contribution is 2.32. The number of hydrogen-bond donors (Lipinski definition) is 2. The zero-order chi connectivity index (χ0) is 11.6. The first-order valence-electron chi connectivity index (χ1n) is 4.20. The molecule has 1 aromatic carbocycles. The van der Waals surface area contributed by atoms with Gasteiger partial charge in [0.05, 0.1) is 5.69 Å². The van der Waals surface area contributed by atoms with E-state index in [1.165, 1.54) is 0 Å². The maximum Gasteiger partial charge on any atom is 0.240 e. The van der Waals surface area contributed by atoms with Crippen molar-refractivity contribution in [3.05, 3.63) is 26.6 Å². The van der Waals surface area contributed by atoms with Gasteiger partial charge in [-0.25, -0.2) is 8.78 Å². The summed E-state index contributed by atoms with van der Waals surface area (Å²) >= 11 is 6.49. The molecule has 0 unspecified atom stereocenters. The average molecular weight is 380 g/mol. The molecule has 0 spiro atoms. The zero-order valence-electron chi connectivity index (χ0n) is 8.09. The summed E-state index contributed by atoms with van der Waals surface area (Å²) in [7, 11) is 0. The van der Waals surface area contributed by atoms with Crippen LogP contribution in [-0.4, -0.2) is 6.43 Å². The number of alkyl halides is 2. The van der Waals surface area contributed by atoms with Crippen LogP contribution in [0.25, 0.3) is 0 Å². The minimum absolute atomic E-state index is 0. The lowest BCUT2D eigenvalue weighted by atomic mass is 10.0. The summed E-state index contributed by atoms with van der Waals surface area (Å²) in [6, 6.07) is 2.65. The van der Waals surface area contributed by atoms with Gasteiger partial charge in [-0.1, -0.05) is 15.9 Å². The van der Waals surface area contributed by atoms with Crippen molar-refractivity contribution in [1.29, 1.82) is 0 Å². The molecule has 92 valence electrons. The van der Waals surface area contributed by atoms with E-state index >= 15 is 0 Å². The van der Waals surface area contributed by atoms with Gasteiger partial charge in [0.25, 0.3) is 0 Å². The van der Waals surface area contributed by atoms with E-state index in [-0.39, 0.29) is 12.4 Å². The van der Waals surface area contributed by atoms with E-state index in [2.05, 4.69) is 31.9 Å². The van der Waals surface area contributed by atoms with E-state index in [1.54, 1.807) is 12.1 Å². The van der Waals surface area contributed by atoms with Gasteiger partial charge in [-0.2, -0.15) is 0 Å². The van der Waals surface area contributed by atoms with Gasteiger partial charge < -0.3 is 11.5 Å². The Kier molecular flexibility index (Phi) is 6.77. The second kappa shape index (κ2) is 6.74. The predicted molar refractivity (Wildman–Crippen MR) is 71.1 cm³/mol. The normalized spacial score (nSPS) is 12.4. The molecule has 1 atom stereocenters. The van der Waals surface area contributed by atoms with E-state index in [1.807, 2.05) is 0 Å². The average Bonchev–Trinajstić information content (AvgIpc) is 2.09. The summed E-state index contributed by atoms with van der Waals surface area (Å²) in [5.74, 6) is 0. The van der Waals surface area contributed by atoms with Crippen LogP contribution in [0.1, 0.15) is 18.0 Å². The highest BCUT2D eigenvalue weighted by molar-refractivity contribution is 9.11. The number of nitrogens with two attached hydrogens (primary N) is 2. The molecule has 0 saturated heterocycles. The van der Waals surface area contributed by atoms with E-state index in [0.717, 1.165) is 4.47 Å². The molecule has 0 aliphatic rings. The van der Waals surface area contributed by atoms with Gasteiger partial charge in [-0.05, 0) is 33.6 Å². The third-order valence-corrected chi connectivity index (χ3v) is 3.07. The summed E-state index contributed by atoms with van der Waals surface area (Å²) < 4.78 is 25.7. The molecule has 2 nitrogen and oxygen atoms in total. The second-order valence-electron chi connectivity index (χ2n) is 3.12. The Morgan fingerprint density at radius 3 is 2.31 bits per heavy atom. The largest absolute Gasteiger partial charge is 0.398 e. The van der Waals surface area contributed by atoms with Gasteiger partial charge in [0.1, 0.15) is 0 Å². The SMILES string of the molecule is Cl.Nc1c(Br)cc(Br)cc1[C@H](N)CC(F)F. The third kappa shape index (κ3) is 4.16. The lowest BCUT2D eigenvalue weighted by Crippen LogP contribution is -2.16. The van der Waals surface area contributed by atoms with Crippen molar-refractivity contribution in [3.8, 4) is 0 Å². The molecule has 1 aromatic rings. The summed E-state index contributed by atoms with van der Waals surface area (Å²) in [6.07, 6.45) is -2.83. The van der Waals surface area contributed by atoms with Gasteiger partial charge in [0, 0.05) is 21.4 Å². The smallest absolute Gasteiger partial charge is 0.240 e. The topological polar surface area (TPSA) is 52.0 Å². The Labute approximate surface area is 115 Å². The number of nitrogen functional groups attached to an aromatic ring is 1. The second-order valence-corrected chi connectivity index (χ2v) is 4.89. The molecule has 1 rings (SSSR count). The van der Waals surface area contributed by atoms with Crippen molar-refractivity contribution < 1.29 is 8.78 Å². The zero-order valence-corrected chi connectivity index (χ0v) is 12.1. The summed E-state index contributed by atoms with van der Waals surface area (Å²) in [5.41, 5.74) is 12.3. The van der Waals surface area contributed by atoms with Gasteiger partial charge >= 0.3 is 0 Å². The Hall–Kier alpha value is 0.0900. The summed E-state index contributed by atoms with van der Waals surface area (Å²) in [6.45, 7) is 0. The molecule has 0 aliphatic heterocycles. The standard InChI is InChI=1S/C9H10Br2F2N2.ClH/c10-4-1-5(7(14)3-8(12)13)9(15)6(11)2-4;/h1-2,7-8H,3,14-15H2;1H/t7-;/m1./s1. The predicted octanol–water partition coefficient (Wildman–Crippen LogP) is 3.87. The Balaban J connectivity index is 0.00000225. The van der Waals surface area contributed by atoms with Crippen LogP contribution >= 0.6 is 44.3 Å². The maximum absolute atomic E-state index is 12.2. The fourth-order valence-corrected chi connectivity index (χ4v) is 2.49. The van der Waals surface area contributed by atoms with Gasteiger partial charge in [0.15, 0.2) is 0 Å². The Morgan fingerprint density at radius 2 is 1.81 bits per heavy atom. The molecule has 0 heterocycles. The first-order valence-corrected chi connectivity index (χ1v) is 5.78. The molecular formula is C9H11Br2ClF2N2. The lowest BCUT2D eigenvalue weighted by molar-refractivity contribution is 0.128. The lowest BCUT2D eigenvalue weighted by Gasteiger charge is -2.15. The first kappa shape index (κ1) is 16.1. The van der Waals surface area contributed by atoms with Crippen molar-refractivity contribution in [1.82, 2.24) is 0 Å². The van der Waals surface area contributed by atoms with Crippen LogP contribution in [0.3, 0.4) is 0 Å². The van der Waals surface area contributed by atoms with E-state index in [9.17, 15) is 8.78 Å². The molecule has 7 heteroatoms. The molecule has 0 saturated carbocycles. The van der Waals surface area contributed by atoms with Crippen LogP contribution in [0.5, 0.6) is 0 Å². The number of halogens is 5. The number of hydrogen-bond acceptors (Lipinski definition) is 2. The minimum atomic E-state index is -2.43. The van der Waals surface area contributed by atoms with E-state index < -0.39 is 18.9 Å². The Morgan fingerprint density at radius 1 is 1.25 bits per heavy atom. The molecule has 0 radical (unpaired) electrons. The van der Waals surface area contributed by atoms with Crippen LogP contribution in [0.15, 0.2) is 21.1 Å². The monoisotopic (exact) mass is 378 g/mol. The molecule has 4 N–H and O–H groups in total. The van der Waals surface area contributed by atoms with Crippen LogP contribution in [-0.2, 0) is 0 Å². The maximum atomic E-state index is 12.2. The number of benzene rings is 1. The molecule has 0 aromatic heterocycles. The molecule has 0 bridgehead atoms. The first-order chi connectivity index (χ1) is 6.91.